The number of rotatable bonds is 3. The Bertz CT molecular complexity index is 815. The fourth-order valence-electron chi connectivity index (χ4n) is 2.83. The van der Waals surface area contributed by atoms with E-state index in [1.165, 1.54) is 0 Å². The number of para-hydroxylation sites is 1. The number of aromatic nitrogens is 1. The molecule has 2 aromatic heterocycles. The number of furan rings is 1. The Morgan fingerprint density at radius 1 is 1.13 bits per heavy atom. The van der Waals surface area contributed by atoms with Crippen molar-refractivity contribution >= 4 is 11.6 Å². The zero-order chi connectivity index (χ0) is 15.6. The van der Waals surface area contributed by atoms with Crippen LogP contribution in [-0.2, 0) is 6.54 Å². The molecule has 0 saturated heterocycles. The van der Waals surface area contributed by atoms with E-state index in [2.05, 4.69) is 10.3 Å². The fraction of sp³-hybridized carbons (Fsp3) is 0.111. The Morgan fingerprint density at radius 2 is 2.04 bits per heavy atom. The van der Waals surface area contributed by atoms with Crippen LogP contribution in [0.5, 0.6) is 0 Å². The lowest BCUT2D eigenvalue weighted by atomic mass is 10.0. The smallest absolute Gasteiger partial charge is 0.258 e. The lowest BCUT2D eigenvalue weighted by Crippen LogP contribution is -2.42. The molecule has 5 heteroatoms. The summed E-state index contributed by atoms with van der Waals surface area (Å²) in [6.45, 7) is 0.396. The number of hydrogen-bond acceptors (Lipinski definition) is 4. The van der Waals surface area contributed by atoms with Crippen LogP contribution in [0.15, 0.2) is 71.6 Å². The van der Waals surface area contributed by atoms with E-state index in [1.807, 2.05) is 48.5 Å². The zero-order valence-corrected chi connectivity index (χ0v) is 12.3. The van der Waals surface area contributed by atoms with Gasteiger partial charge in [-0.05, 0) is 30.3 Å². The van der Waals surface area contributed by atoms with Crippen LogP contribution in [0.25, 0.3) is 0 Å². The number of benzene rings is 1. The van der Waals surface area contributed by atoms with E-state index >= 15 is 0 Å². The highest BCUT2D eigenvalue weighted by Crippen LogP contribution is 2.33. The molecule has 1 amide bonds. The van der Waals surface area contributed by atoms with E-state index in [1.54, 1.807) is 23.6 Å². The van der Waals surface area contributed by atoms with Gasteiger partial charge in [0.2, 0.25) is 0 Å². The van der Waals surface area contributed by atoms with E-state index in [-0.39, 0.29) is 12.1 Å². The van der Waals surface area contributed by atoms with Gasteiger partial charge in [0.25, 0.3) is 5.91 Å². The number of pyridine rings is 1. The predicted molar refractivity (Wildman–Crippen MR) is 85.6 cm³/mol. The number of hydrogen-bond donors (Lipinski definition) is 1. The van der Waals surface area contributed by atoms with Crippen molar-refractivity contribution in [2.75, 3.05) is 5.32 Å². The highest BCUT2D eigenvalue weighted by molar-refractivity contribution is 6.01. The van der Waals surface area contributed by atoms with Gasteiger partial charge >= 0.3 is 0 Å². The van der Waals surface area contributed by atoms with Crippen LogP contribution in [-0.4, -0.2) is 15.8 Å². The van der Waals surface area contributed by atoms with Gasteiger partial charge < -0.3 is 14.6 Å². The maximum Gasteiger partial charge on any atom is 0.258 e. The molecule has 0 spiro atoms. The average molecular weight is 305 g/mol. The number of nitrogens with one attached hydrogen (secondary N) is 1. The minimum atomic E-state index is -0.281. The molecular weight excluding hydrogens is 290 g/mol. The van der Waals surface area contributed by atoms with Gasteiger partial charge in [0.05, 0.1) is 18.4 Å². The Morgan fingerprint density at radius 3 is 2.83 bits per heavy atom. The van der Waals surface area contributed by atoms with Gasteiger partial charge in [-0.25, -0.2) is 0 Å². The summed E-state index contributed by atoms with van der Waals surface area (Å²) >= 11 is 0. The Kier molecular flexibility index (Phi) is 3.31. The summed E-state index contributed by atoms with van der Waals surface area (Å²) in [4.78, 5) is 18.9. The number of anilines is 1. The van der Waals surface area contributed by atoms with Crippen LogP contribution in [0.1, 0.15) is 27.8 Å². The van der Waals surface area contributed by atoms with Crippen LogP contribution in [0, 0.1) is 0 Å². The van der Waals surface area contributed by atoms with E-state index in [9.17, 15) is 4.79 Å². The van der Waals surface area contributed by atoms with Crippen LogP contribution in [0.3, 0.4) is 0 Å². The molecule has 1 N–H and O–H groups in total. The van der Waals surface area contributed by atoms with Gasteiger partial charge in [0.1, 0.15) is 11.9 Å². The summed E-state index contributed by atoms with van der Waals surface area (Å²) in [7, 11) is 0. The first-order chi connectivity index (χ1) is 11.3. The molecule has 23 heavy (non-hydrogen) atoms. The zero-order valence-electron chi connectivity index (χ0n) is 12.3. The van der Waals surface area contributed by atoms with Gasteiger partial charge in [-0.15, -0.1) is 0 Å². The molecule has 4 rings (SSSR count). The van der Waals surface area contributed by atoms with Crippen molar-refractivity contribution in [2.24, 2.45) is 0 Å². The lowest BCUT2D eigenvalue weighted by molar-refractivity contribution is 0.0651. The van der Waals surface area contributed by atoms with Gasteiger partial charge in [-0.3, -0.25) is 9.78 Å². The van der Waals surface area contributed by atoms with E-state index < -0.39 is 0 Å². The molecule has 0 bridgehead atoms. The summed E-state index contributed by atoms with van der Waals surface area (Å²) in [5.74, 6) is 0.720. The largest absolute Gasteiger partial charge is 0.467 e. The van der Waals surface area contributed by atoms with Gasteiger partial charge in [0.15, 0.2) is 0 Å². The molecule has 114 valence electrons. The normalized spacial score (nSPS) is 16.8. The third kappa shape index (κ3) is 2.46. The quantitative estimate of drug-likeness (QED) is 0.805. The molecule has 0 fully saturated rings. The molecule has 3 heterocycles. The minimum Gasteiger partial charge on any atom is -0.467 e. The summed E-state index contributed by atoms with van der Waals surface area (Å²) in [6, 6.07) is 15.1. The number of carbonyl (C=O) groups is 1. The third-order valence-electron chi connectivity index (χ3n) is 3.93. The monoisotopic (exact) mass is 305 g/mol. The second kappa shape index (κ2) is 5.61. The van der Waals surface area contributed by atoms with Crippen LogP contribution >= 0.6 is 0 Å². The molecule has 0 unspecified atom stereocenters. The standard InChI is InChI=1S/C18H15N3O2/c22-18-15-7-1-2-8-16(15)20-17(13-5-3-9-19-11-13)21(18)12-14-6-4-10-23-14/h1-11,17,20H,12H2/t17-/m1/s1. The van der Waals surface area contributed by atoms with Gasteiger partial charge in [0, 0.05) is 23.6 Å². The molecule has 3 aromatic rings. The Balaban J connectivity index is 1.76. The van der Waals surface area contributed by atoms with Crippen LogP contribution in [0.4, 0.5) is 5.69 Å². The second-order valence-corrected chi connectivity index (χ2v) is 5.39. The van der Waals surface area contributed by atoms with E-state index in [0.717, 1.165) is 17.0 Å². The van der Waals surface area contributed by atoms with Crippen LogP contribution < -0.4 is 5.32 Å². The summed E-state index contributed by atoms with van der Waals surface area (Å²) in [5, 5.41) is 3.43. The first-order valence-electron chi connectivity index (χ1n) is 7.42. The highest BCUT2D eigenvalue weighted by atomic mass is 16.3. The molecule has 1 aliphatic rings. The van der Waals surface area contributed by atoms with E-state index in [0.29, 0.717) is 12.1 Å². The third-order valence-corrected chi connectivity index (χ3v) is 3.93. The molecule has 0 radical (unpaired) electrons. The number of amides is 1. The van der Waals surface area contributed by atoms with Crippen molar-refractivity contribution in [3.05, 3.63) is 84.1 Å². The highest BCUT2D eigenvalue weighted by Gasteiger charge is 2.33. The van der Waals surface area contributed by atoms with Crippen molar-refractivity contribution in [1.29, 1.82) is 0 Å². The molecule has 0 aliphatic carbocycles. The maximum atomic E-state index is 13.0. The molecule has 0 saturated carbocycles. The van der Waals surface area contributed by atoms with Crippen molar-refractivity contribution in [2.45, 2.75) is 12.7 Å². The summed E-state index contributed by atoms with van der Waals surface area (Å²) in [5.41, 5.74) is 2.43. The second-order valence-electron chi connectivity index (χ2n) is 5.39. The molecular formula is C18H15N3O2. The Labute approximate surface area is 133 Å². The van der Waals surface area contributed by atoms with Crippen molar-refractivity contribution < 1.29 is 9.21 Å². The minimum absolute atomic E-state index is 0.0235. The van der Waals surface area contributed by atoms with Crippen molar-refractivity contribution in [1.82, 2.24) is 9.88 Å². The average Bonchev–Trinajstić information content (AvgIpc) is 3.11. The van der Waals surface area contributed by atoms with Crippen molar-refractivity contribution in [3.63, 3.8) is 0 Å². The number of carbonyl (C=O) groups excluding carboxylic acids is 1. The lowest BCUT2D eigenvalue weighted by Gasteiger charge is -2.37. The first kappa shape index (κ1) is 13.6. The first-order valence-corrected chi connectivity index (χ1v) is 7.42. The molecule has 5 nitrogen and oxygen atoms in total. The SMILES string of the molecule is O=C1c2ccccc2N[C@@H](c2cccnc2)N1Cc1ccco1. The summed E-state index contributed by atoms with van der Waals surface area (Å²) < 4.78 is 5.42. The fourth-order valence-corrected chi connectivity index (χ4v) is 2.83. The van der Waals surface area contributed by atoms with Crippen LogP contribution in [0.2, 0.25) is 0 Å². The molecule has 1 aromatic carbocycles. The van der Waals surface area contributed by atoms with Gasteiger partial charge in [-0.2, -0.15) is 0 Å². The predicted octanol–water partition coefficient (Wildman–Crippen LogP) is 3.44. The van der Waals surface area contributed by atoms with Gasteiger partial charge in [-0.1, -0.05) is 18.2 Å². The van der Waals surface area contributed by atoms with E-state index in [4.69, 9.17) is 4.42 Å². The molecule has 1 aliphatic heterocycles. The molecule has 1 atom stereocenters. The van der Waals surface area contributed by atoms with Crippen molar-refractivity contribution in [3.8, 4) is 0 Å². The maximum absolute atomic E-state index is 13.0. The number of nitrogens with zero attached hydrogens (tertiary/aromatic N) is 2. The Hall–Kier alpha value is -3.08. The topological polar surface area (TPSA) is 58.4 Å². The summed E-state index contributed by atoms with van der Waals surface area (Å²) in [6.07, 6.45) is 4.83. The number of fused-ring (bicyclic) bond motifs is 1.